The van der Waals surface area contributed by atoms with E-state index < -0.39 is 0 Å². The molecule has 1 aromatic carbocycles. The Morgan fingerprint density at radius 1 is 1.32 bits per heavy atom. The zero-order valence-electron chi connectivity index (χ0n) is 11.8. The summed E-state index contributed by atoms with van der Waals surface area (Å²) in [4.78, 5) is 16.1. The second-order valence-corrected chi connectivity index (χ2v) is 5.12. The summed E-state index contributed by atoms with van der Waals surface area (Å²) < 4.78 is 0. The minimum atomic E-state index is 0.201. The molecule has 1 fully saturated rings. The summed E-state index contributed by atoms with van der Waals surface area (Å²) >= 11 is 0. The van der Waals surface area contributed by atoms with E-state index in [1.807, 2.05) is 36.2 Å². The molecular formula is C15H23N3O. The Morgan fingerprint density at radius 3 is 2.42 bits per heavy atom. The molecule has 1 amide bonds. The van der Waals surface area contributed by atoms with Crippen LogP contribution in [0.2, 0.25) is 0 Å². The molecule has 0 aromatic heterocycles. The van der Waals surface area contributed by atoms with Crippen LogP contribution in [0.25, 0.3) is 0 Å². The van der Waals surface area contributed by atoms with Crippen molar-refractivity contribution in [2.45, 2.75) is 32.4 Å². The van der Waals surface area contributed by atoms with E-state index in [0.29, 0.717) is 19.1 Å². The minimum absolute atomic E-state index is 0.201. The molecular weight excluding hydrogens is 238 g/mol. The topological polar surface area (TPSA) is 49.6 Å². The molecule has 2 N–H and O–H groups in total. The molecule has 0 atom stereocenters. The molecule has 1 aliphatic rings. The van der Waals surface area contributed by atoms with Crippen LogP contribution in [0.15, 0.2) is 24.3 Å². The summed E-state index contributed by atoms with van der Waals surface area (Å²) in [7, 11) is 1.91. The largest absolute Gasteiger partial charge is 0.362 e. The van der Waals surface area contributed by atoms with Crippen LogP contribution in [0, 0.1) is 0 Å². The SMILES string of the molecule is CCN(CC(=O)N(C)C1CC1)c1ccc(CN)cc1. The number of carbonyl (C=O) groups is 1. The van der Waals surface area contributed by atoms with Gasteiger partial charge in [-0.1, -0.05) is 12.1 Å². The van der Waals surface area contributed by atoms with Crippen molar-refractivity contribution in [1.82, 2.24) is 4.90 Å². The minimum Gasteiger partial charge on any atom is -0.362 e. The van der Waals surface area contributed by atoms with E-state index in [2.05, 4.69) is 11.8 Å². The third-order valence-corrected chi connectivity index (χ3v) is 3.73. The molecule has 0 saturated heterocycles. The summed E-state index contributed by atoms with van der Waals surface area (Å²) in [6.07, 6.45) is 2.30. The number of hydrogen-bond donors (Lipinski definition) is 1. The highest BCUT2D eigenvalue weighted by Crippen LogP contribution is 2.25. The number of amides is 1. The van der Waals surface area contributed by atoms with Crippen LogP contribution < -0.4 is 10.6 Å². The van der Waals surface area contributed by atoms with Crippen molar-refractivity contribution < 1.29 is 4.79 Å². The number of anilines is 1. The van der Waals surface area contributed by atoms with E-state index in [9.17, 15) is 4.79 Å². The van der Waals surface area contributed by atoms with Crippen molar-refractivity contribution in [1.29, 1.82) is 0 Å². The number of carbonyl (C=O) groups excluding carboxylic acids is 1. The Bertz CT molecular complexity index is 426. The molecule has 0 bridgehead atoms. The molecule has 19 heavy (non-hydrogen) atoms. The monoisotopic (exact) mass is 261 g/mol. The Labute approximate surface area is 115 Å². The van der Waals surface area contributed by atoms with Gasteiger partial charge in [0.1, 0.15) is 0 Å². The first kappa shape index (κ1) is 13.9. The summed E-state index contributed by atoms with van der Waals surface area (Å²) in [5.74, 6) is 0.201. The van der Waals surface area contributed by atoms with Gasteiger partial charge in [-0.3, -0.25) is 4.79 Å². The van der Waals surface area contributed by atoms with Crippen LogP contribution in [0.5, 0.6) is 0 Å². The number of benzene rings is 1. The van der Waals surface area contributed by atoms with Gasteiger partial charge in [0.25, 0.3) is 0 Å². The molecule has 1 aromatic rings. The number of hydrogen-bond acceptors (Lipinski definition) is 3. The maximum atomic E-state index is 12.2. The van der Waals surface area contributed by atoms with Gasteiger partial charge in [-0.25, -0.2) is 0 Å². The second-order valence-electron chi connectivity index (χ2n) is 5.12. The summed E-state index contributed by atoms with van der Waals surface area (Å²) in [6.45, 7) is 3.90. The second kappa shape index (κ2) is 6.06. The lowest BCUT2D eigenvalue weighted by atomic mass is 10.2. The van der Waals surface area contributed by atoms with Crippen LogP contribution in [0.4, 0.5) is 5.69 Å². The van der Waals surface area contributed by atoms with Gasteiger partial charge >= 0.3 is 0 Å². The smallest absolute Gasteiger partial charge is 0.242 e. The van der Waals surface area contributed by atoms with E-state index in [4.69, 9.17) is 5.73 Å². The van der Waals surface area contributed by atoms with Gasteiger partial charge in [-0.05, 0) is 37.5 Å². The lowest BCUT2D eigenvalue weighted by molar-refractivity contribution is -0.128. The maximum absolute atomic E-state index is 12.2. The van der Waals surface area contributed by atoms with E-state index >= 15 is 0 Å². The highest BCUT2D eigenvalue weighted by atomic mass is 16.2. The van der Waals surface area contributed by atoms with Crippen molar-refractivity contribution in [3.63, 3.8) is 0 Å². The van der Waals surface area contributed by atoms with Crippen LogP contribution in [-0.4, -0.2) is 37.0 Å². The highest BCUT2D eigenvalue weighted by Gasteiger charge is 2.29. The number of rotatable bonds is 6. The van der Waals surface area contributed by atoms with E-state index in [0.717, 1.165) is 30.6 Å². The summed E-state index contributed by atoms with van der Waals surface area (Å²) in [6, 6.07) is 8.60. The van der Waals surface area contributed by atoms with Gasteiger partial charge in [0, 0.05) is 31.9 Å². The molecule has 1 saturated carbocycles. The number of nitrogens with zero attached hydrogens (tertiary/aromatic N) is 2. The molecule has 0 radical (unpaired) electrons. The average molecular weight is 261 g/mol. The fourth-order valence-corrected chi connectivity index (χ4v) is 2.17. The van der Waals surface area contributed by atoms with Crippen LogP contribution in [-0.2, 0) is 11.3 Å². The number of nitrogens with two attached hydrogens (primary N) is 1. The first-order chi connectivity index (χ1) is 9.15. The van der Waals surface area contributed by atoms with Gasteiger partial charge < -0.3 is 15.5 Å². The predicted octanol–water partition coefficient (Wildman–Crippen LogP) is 1.59. The zero-order chi connectivity index (χ0) is 13.8. The van der Waals surface area contributed by atoms with Gasteiger partial charge in [0.15, 0.2) is 0 Å². The maximum Gasteiger partial charge on any atom is 0.242 e. The number of likely N-dealkylation sites (N-methyl/N-ethyl adjacent to an activating group) is 2. The summed E-state index contributed by atoms with van der Waals surface area (Å²) in [5, 5.41) is 0. The van der Waals surface area contributed by atoms with Crippen molar-refractivity contribution in [3.8, 4) is 0 Å². The fourth-order valence-electron chi connectivity index (χ4n) is 2.17. The third kappa shape index (κ3) is 3.47. The molecule has 4 heteroatoms. The van der Waals surface area contributed by atoms with Crippen LogP contribution >= 0.6 is 0 Å². The van der Waals surface area contributed by atoms with Crippen molar-refractivity contribution >= 4 is 11.6 Å². The predicted molar refractivity (Wildman–Crippen MR) is 78.0 cm³/mol. The molecule has 0 heterocycles. The lowest BCUT2D eigenvalue weighted by Crippen LogP contribution is -2.39. The zero-order valence-corrected chi connectivity index (χ0v) is 11.8. The van der Waals surface area contributed by atoms with Crippen LogP contribution in [0.1, 0.15) is 25.3 Å². The molecule has 0 spiro atoms. The Hall–Kier alpha value is -1.55. The van der Waals surface area contributed by atoms with Gasteiger partial charge in [-0.15, -0.1) is 0 Å². The molecule has 0 unspecified atom stereocenters. The first-order valence-electron chi connectivity index (χ1n) is 6.95. The highest BCUT2D eigenvalue weighted by molar-refractivity contribution is 5.81. The Kier molecular flexibility index (Phi) is 4.43. The molecule has 4 nitrogen and oxygen atoms in total. The molecule has 104 valence electrons. The first-order valence-corrected chi connectivity index (χ1v) is 6.95. The van der Waals surface area contributed by atoms with E-state index in [1.54, 1.807) is 0 Å². The average Bonchev–Trinajstić information content (AvgIpc) is 3.28. The van der Waals surface area contributed by atoms with Crippen molar-refractivity contribution in [3.05, 3.63) is 29.8 Å². The molecule has 2 rings (SSSR count). The summed E-state index contributed by atoms with van der Waals surface area (Å²) in [5.41, 5.74) is 7.79. The van der Waals surface area contributed by atoms with Gasteiger partial charge in [0.05, 0.1) is 6.54 Å². The normalized spacial score (nSPS) is 14.3. The van der Waals surface area contributed by atoms with Crippen molar-refractivity contribution in [2.24, 2.45) is 5.73 Å². The molecule has 0 aliphatic heterocycles. The fraction of sp³-hybridized carbons (Fsp3) is 0.533. The van der Waals surface area contributed by atoms with Crippen LogP contribution in [0.3, 0.4) is 0 Å². The Balaban J connectivity index is 1.99. The standard InChI is InChI=1S/C15H23N3O/c1-3-18(11-15(19)17(2)13-8-9-13)14-6-4-12(10-16)5-7-14/h4-7,13H,3,8-11,16H2,1-2H3. The quantitative estimate of drug-likeness (QED) is 0.846. The van der Waals surface area contributed by atoms with E-state index in [1.165, 1.54) is 0 Å². The lowest BCUT2D eigenvalue weighted by Gasteiger charge is -2.26. The Morgan fingerprint density at radius 2 is 1.95 bits per heavy atom. The van der Waals surface area contributed by atoms with Gasteiger partial charge in [-0.2, -0.15) is 0 Å². The van der Waals surface area contributed by atoms with E-state index in [-0.39, 0.29) is 5.91 Å². The van der Waals surface area contributed by atoms with Crippen molar-refractivity contribution in [2.75, 3.05) is 25.0 Å². The third-order valence-electron chi connectivity index (χ3n) is 3.73. The van der Waals surface area contributed by atoms with Gasteiger partial charge in [0.2, 0.25) is 5.91 Å². The molecule has 1 aliphatic carbocycles.